The summed E-state index contributed by atoms with van der Waals surface area (Å²) >= 11 is 0. The van der Waals surface area contributed by atoms with Crippen LogP contribution in [0.15, 0.2) is 96.0 Å². The Morgan fingerprint density at radius 1 is 0.839 bits per heavy atom. The summed E-state index contributed by atoms with van der Waals surface area (Å²) in [6.07, 6.45) is 3.56. The van der Waals surface area contributed by atoms with Gasteiger partial charge in [0.25, 0.3) is 10.0 Å². The molecule has 0 amide bonds. The highest BCUT2D eigenvalue weighted by atomic mass is 32.2. The second-order valence-corrected chi connectivity index (χ2v) is 9.49. The summed E-state index contributed by atoms with van der Waals surface area (Å²) in [5, 5.41) is 1.22. The molecule has 1 aromatic heterocycles. The molecule has 0 N–H and O–H groups in total. The Labute approximate surface area is 184 Å². The lowest BCUT2D eigenvalue weighted by molar-refractivity contribution is 0.595. The molecule has 0 atom stereocenters. The van der Waals surface area contributed by atoms with E-state index in [-0.39, 0.29) is 4.90 Å². The normalized spacial score (nSPS) is 12.0. The minimum atomic E-state index is -3.74. The number of sulfonamides is 1. The standard InChI is InChI=1S/C26H26N2O2S/c1-20-14-16-24(17-15-20)31(29,30)28(23-10-5-4-6-11-23)19-9-18-27-22(3)21(2)25-12-7-8-13-26(25)27/h4-17,19H,18H2,1-3H3/b19-9+. The number of hydrogen-bond donors (Lipinski definition) is 0. The van der Waals surface area contributed by atoms with Crippen molar-refractivity contribution in [2.75, 3.05) is 4.31 Å². The van der Waals surface area contributed by atoms with E-state index < -0.39 is 10.0 Å². The van der Waals surface area contributed by atoms with Crippen molar-refractivity contribution < 1.29 is 8.42 Å². The van der Waals surface area contributed by atoms with Gasteiger partial charge in [-0.25, -0.2) is 12.7 Å². The van der Waals surface area contributed by atoms with E-state index in [1.165, 1.54) is 20.9 Å². The number of rotatable bonds is 6. The van der Waals surface area contributed by atoms with Crippen LogP contribution in [0.5, 0.6) is 0 Å². The van der Waals surface area contributed by atoms with E-state index in [1.54, 1.807) is 30.5 Å². The molecule has 158 valence electrons. The van der Waals surface area contributed by atoms with Gasteiger partial charge < -0.3 is 4.57 Å². The maximum Gasteiger partial charge on any atom is 0.268 e. The monoisotopic (exact) mass is 430 g/mol. The molecule has 31 heavy (non-hydrogen) atoms. The van der Waals surface area contributed by atoms with Gasteiger partial charge in [-0.05, 0) is 62.7 Å². The van der Waals surface area contributed by atoms with Crippen molar-refractivity contribution in [3.63, 3.8) is 0 Å². The van der Waals surface area contributed by atoms with Crippen LogP contribution in [0.4, 0.5) is 5.69 Å². The molecule has 0 aliphatic heterocycles. The van der Waals surface area contributed by atoms with Crippen LogP contribution < -0.4 is 4.31 Å². The first-order chi connectivity index (χ1) is 14.9. The predicted octanol–water partition coefficient (Wildman–Crippen LogP) is 5.98. The third kappa shape index (κ3) is 4.01. The molecule has 0 radical (unpaired) electrons. The Kier molecular flexibility index (Phi) is 5.70. The smallest absolute Gasteiger partial charge is 0.268 e. The lowest BCUT2D eigenvalue weighted by atomic mass is 10.2. The average molecular weight is 431 g/mol. The lowest BCUT2D eigenvalue weighted by Crippen LogP contribution is -2.25. The van der Waals surface area contributed by atoms with Crippen LogP contribution in [0.3, 0.4) is 0 Å². The summed E-state index contributed by atoms with van der Waals surface area (Å²) in [7, 11) is -3.74. The van der Waals surface area contributed by atoms with Gasteiger partial charge in [0.1, 0.15) is 0 Å². The zero-order valence-electron chi connectivity index (χ0n) is 18.0. The molecule has 0 bridgehead atoms. The zero-order valence-corrected chi connectivity index (χ0v) is 18.8. The topological polar surface area (TPSA) is 42.3 Å². The van der Waals surface area contributed by atoms with Gasteiger partial charge in [0, 0.05) is 29.3 Å². The summed E-state index contributed by atoms with van der Waals surface area (Å²) in [5.41, 5.74) is 5.19. The highest BCUT2D eigenvalue weighted by molar-refractivity contribution is 7.93. The van der Waals surface area contributed by atoms with E-state index in [0.29, 0.717) is 12.2 Å². The molecule has 1 heterocycles. The minimum Gasteiger partial charge on any atom is -0.341 e. The molecular weight excluding hydrogens is 404 g/mol. The van der Waals surface area contributed by atoms with Crippen molar-refractivity contribution in [3.05, 3.63) is 108 Å². The lowest BCUT2D eigenvalue weighted by Gasteiger charge is -2.21. The number of benzene rings is 3. The van der Waals surface area contributed by atoms with Crippen molar-refractivity contribution in [2.24, 2.45) is 0 Å². The number of aryl methyl sites for hydroxylation is 2. The van der Waals surface area contributed by atoms with Crippen molar-refractivity contribution in [1.82, 2.24) is 4.57 Å². The molecule has 0 spiro atoms. The Balaban J connectivity index is 1.72. The number of allylic oxidation sites excluding steroid dienone is 1. The van der Waals surface area contributed by atoms with Gasteiger partial charge in [0.2, 0.25) is 0 Å². The number of fused-ring (bicyclic) bond motifs is 1. The van der Waals surface area contributed by atoms with E-state index in [4.69, 9.17) is 0 Å². The van der Waals surface area contributed by atoms with Crippen molar-refractivity contribution in [1.29, 1.82) is 0 Å². The van der Waals surface area contributed by atoms with Crippen LogP contribution in [0.2, 0.25) is 0 Å². The van der Waals surface area contributed by atoms with Crippen molar-refractivity contribution >= 4 is 26.6 Å². The highest BCUT2D eigenvalue weighted by Crippen LogP contribution is 2.26. The largest absolute Gasteiger partial charge is 0.341 e. The van der Waals surface area contributed by atoms with E-state index in [0.717, 1.165) is 11.1 Å². The number of hydrogen-bond acceptors (Lipinski definition) is 2. The molecule has 4 aromatic rings. The highest BCUT2D eigenvalue weighted by Gasteiger charge is 2.23. The van der Waals surface area contributed by atoms with Crippen molar-refractivity contribution in [2.45, 2.75) is 32.2 Å². The SMILES string of the molecule is Cc1ccc(S(=O)(=O)N(/C=C/Cn2c(C)c(C)c3ccccc32)c2ccccc2)cc1. The molecule has 0 saturated carbocycles. The molecular formula is C26H26N2O2S. The van der Waals surface area contributed by atoms with E-state index in [1.807, 2.05) is 55.5 Å². The summed E-state index contributed by atoms with van der Waals surface area (Å²) in [4.78, 5) is 0.269. The molecule has 0 fully saturated rings. The maximum atomic E-state index is 13.4. The maximum absolute atomic E-state index is 13.4. The molecule has 4 rings (SSSR count). The Bertz CT molecular complexity index is 1340. The molecule has 3 aromatic carbocycles. The minimum absolute atomic E-state index is 0.269. The van der Waals surface area contributed by atoms with Gasteiger partial charge in [-0.1, -0.05) is 54.1 Å². The Hall–Kier alpha value is -3.31. The van der Waals surface area contributed by atoms with Crippen LogP contribution in [0, 0.1) is 20.8 Å². The number of nitrogens with zero attached hydrogens (tertiary/aromatic N) is 2. The first kappa shape index (κ1) is 20.9. The van der Waals surface area contributed by atoms with Crippen LogP contribution in [-0.4, -0.2) is 13.0 Å². The van der Waals surface area contributed by atoms with Crippen LogP contribution in [0.1, 0.15) is 16.8 Å². The second kappa shape index (κ2) is 8.44. The zero-order chi connectivity index (χ0) is 22.0. The quantitative estimate of drug-likeness (QED) is 0.378. The molecule has 0 saturated heterocycles. The van der Waals surface area contributed by atoms with Gasteiger partial charge in [0.15, 0.2) is 0 Å². The summed E-state index contributed by atoms with van der Waals surface area (Å²) in [5.74, 6) is 0. The van der Waals surface area contributed by atoms with E-state index in [9.17, 15) is 8.42 Å². The number of aromatic nitrogens is 1. The predicted molar refractivity (Wildman–Crippen MR) is 128 cm³/mol. The fourth-order valence-corrected chi connectivity index (χ4v) is 5.14. The third-order valence-corrected chi connectivity index (χ3v) is 7.38. The summed E-state index contributed by atoms with van der Waals surface area (Å²) < 4.78 is 30.4. The summed E-state index contributed by atoms with van der Waals surface area (Å²) in [6.45, 7) is 6.74. The van der Waals surface area contributed by atoms with Gasteiger partial charge in [-0.3, -0.25) is 0 Å². The average Bonchev–Trinajstić information content (AvgIpc) is 3.02. The van der Waals surface area contributed by atoms with Crippen LogP contribution >= 0.6 is 0 Å². The molecule has 5 heteroatoms. The summed E-state index contributed by atoms with van der Waals surface area (Å²) in [6, 6.07) is 24.4. The second-order valence-electron chi connectivity index (χ2n) is 7.67. The molecule has 4 nitrogen and oxygen atoms in total. The van der Waals surface area contributed by atoms with Gasteiger partial charge in [0.05, 0.1) is 10.6 Å². The van der Waals surface area contributed by atoms with Crippen LogP contribution in [-0.2, 0) is 16.6 Å². The van der Waals surface area contributed by atoms with Crippen molar-refractivity contribution in [3.8, 4) is 0 Å². The van der Waals surface area contributed by atoms with E-state index >= 15 is 0 Å². The molecule has 0 aliphatic rings. The van der Waals surface area contributed by atoms with Gasteiger partial charge in [-0.2, -0.15) is 0 Å². The van der Waals surface area contributed by atoms with E-state index in [2.05, 4.69) is 30.5 Å². The van der Waals surface area contributed by atoms with Gasteiger partial charge >= 0.3 is 0 Å². The number of anilines is 1. The first-order valence-electron chi connectivity index (χ1n) is 10.3. The molecule has 0 unspecified atom stereocenters. The van der Waals surface area contributed by atoms with Gasteiger partial charge in [-0.15, -0.1) is 0 Å². The third-order valence-electron chi connectivity index (χ3n) is 5.66. The van der Waals surface area contributed by atoms with Crippen LogP contribution in [0.25, 0.3) is 10.9 Å². The fraction of sp³-hybridized carbons (Fsp3) is 0.154. The number of para-hydroxylation sites is 2. The first-order valence-corrected chi connectivity index (χ1v) is 11.7. The molecule has 0 aliphatic carbocycles. The fourth-order valence-electron chi connectivity index (χ4n) is 3.79. The Morgan fingerprint density at radius 3 is 2.19 bits per heavy atom. The Morgan fingerprint density at radius 2 is 1.48 bits per heavy atom.